The van der Waals surface area contributed by atoms with Crippen LogP contribution < -0.4 is 11.2 Å². The van der Waals surface area contributed by atoms with E-state index in [0.717, 1.165) is 19.2 Å². The molecular weight excluding hydrogens is 392 g/mol. The fourth-order valence-electron chi connectivity index (χ4n) is 3.35. The van der Waals surface area contributed by atoms with Gasteiger partial charge in [0.25, 0.3) is 5.56 Å². The lowest BCUT2D eigenvalue weighted by Crippen LogP contribution is -2.39. The van der Waals surface area contributed by atoms with Crippen molar-refractivity contribution in [1.82, 2.24) is 9.13 Å². The molecule has 0 spiro atoms. The van der Waals surface area contributed by atoms with Crippen LogP contribution in [0, 0.1) is 20.8 Å². The summed E-state index contributed by atoms with van der Waals surface area (Å²) in [5.41, 5.74) is 0.269. The topological polar surface area (TPSA) is 61.1 Å². The normalized spacial score (nSPS) is 11.2. The van der Waals surface area contributed by atoms with E-state index in [2.05, 4.69) is 0 Å². The highest BCUT2D eigenvalue weighted by Gasteiger charge is 2.20. The van der Waals surface area contributed by atoms with E-state index in [1.165, 1.54) is 15.9 Å². The maximum absolute atomic E-state index is 13.3. The van der Waals surface area contributed by atoms with Crippen LogP contribution >= 0.6 is 22.7 Å². The van der Waals surface area contributed by atoms with Crippen LogP contribution in [0.2, 0.25) is 0 Å². The number of hydrogen-bond donors (Lipinski definition) is 0. The monoisotopic (exact) mass is 410 g/mol. The van der Waals surface area contributed by atoms with Gasteiger partial charge in [-0.2, -0.15) is 0 Å². The number of nitrogens with zero attached hydrogens (tertiary/aromatic N) is 2. The molecule has 0 aliphatic carbocycles. The van der Waals surface area contributed by atoms with Crippen molar-refractivity contribution < 1.29 is 4.79 Å². The maximum atomic E-state index is 13.3. The quantitative estimate of drug-likeness (QED) is 0.476. The van der Waals surface area contributed by atoms with Gasteiger partial charge in [-0.15, -0.1) is 22.7 Å². The highest BCUT2D eigenvalue weighted by molar-refractivity contribution is 7.18. The Balaban J connectivity index is 1.95. The number of aryl methyl sites for hydroxylation is 3. The highest BCUT2D eigenvalue weighted by atomic mass is 32.1. The summed E-state index contributed by atoms with van der Waals surface area (Å²) in [6.07, 6.45) is 0. The maximum Gasteiger partial charge on any atom is 0.337 e. The molecule has 0 fully saturated rings. The van der Waals surface area contributed by atoms with Crippen molar-refractivity contribution in [3.05, 3.63) is 83.5 Å². The van der Waals surface area contributed by atoms with Crippen molar-refractivity contribution in [3.63, 3.8) is 0 Å². The van der Waals surface area contributed by atoms with E-state index < -0.39 is 5.69 Å². The lowest BCUT2D eigenvalue weighted by Gasteiger charge is -2.11. The molecule has 0 amide bonds. The Kier molecular flexibility index (Phi) is 4.64. The molecule has 5 nitrogen and oxygen atoms in total. The van der Waals surface area contributed by atoms with E-state index in [1.807, 2.05) is 32.9 Å². The third-order valence-electron chi connectivity index (χ3n) is 4.59. The summed E-state index contributed by atoms with van der Waals surface area (Å²) in [7, 11) is 0. The number of rotatable bonds is 4. The Morgan fingerprint density at radius 1 is 0.964 bits per heavy atom. The van der Waals surface area contributed by atoms with E-state index in [9.17, 15) is 14.4 Å². The largest absolute Gasteiger partial charge is 0.337 e. The Morgan fingerprint density at radius 3 is 2.29 bits per heavy atom. The summed E-state index contributed by atoms with van der Waals surface area (Å²) < 4.78 is 2.57. The molecule has 0 atom stereocenters. The molecule has 142 valence electrons. The number of carbonyl (C=O) groups is 1. The molecule has 1 aromatic carbocycles. The predicted octanol–water partition coefficient (Wildman–Crippen LogP) is 4.08. The second kappa shape index (κ2) is 7.00. The van der Waals surface area contributed by atoms with Crippen LogP contribution in [-0.2, 0) is 6.54 Å². The minimum atomic E-state index is -0.497. The van der Waals surface area contributed by atoms with Crippen molar-refractivity contribution >= 4 is 38.7 Å². The van der Waals surface area contributed by atoms with E-state index in [0.29, 0.717) is 21.5 Å². The summed E-state index contributed by atoms with van der Waals surface area (Å²) in [5.74, 6) is -0.130. The molecule has 3 aromatic heterocycles. The fourth-order valence-corrected chi connectivity index (χ4v) is 5.28. The summed E-state index contributed by atoms with van der Waals surface area (Å²) in [6.45, 7) is 5.65. The lowest BCUT2D eigenvalue weighted by molar-refractivity contribution is 0.0971. The number of hydrogen-bond acceptors (Lipinski definition) is 5. The van der Waals surface area contributed by atoms with Gasteiger partial charge >= 0.3 is 5.69 Å². The first-order valence-corrected chi connectivity index (χ1v) is 10.4. The standard InChI is InChI=1S/C21H18N2O3S2/c1-12-9-16(14(3)27-12)18(24)11-22-20-17(10-13(2)28-20)19(25)23(21(22)26)15-7-5-4-6-8-15/h4-10H,11H2,1-3H3. The van der Waals surface area contributed by atoms with Crippen molar-refractivity contribution in [2.45, 2.75) is 27.3 Å². The second-order valence-corrected chi connectivity index (χ2v) is 9.37. The Bertz CT molecular complexity index is 1320. The van der Waals surface area contributed by atoms with Crippen molar-refractivity contribution in [2.24, 2.45) is 0 Å². The molecule has 0 N–H and O–H groups in total. The van der Waals surface area contributed by atoms with Gasteiger partial charge < -0.3 is 0 Å². The zero-order valence-corrected chi connectivity index (χ0v) is 17.3. The van der Waals surface area contributed by atoms with E-state index in [1.54, 1.807) is 41.7 Å². The van der Waals surface area contributed by atoms with Gasteiger partial charge in [0.1, 0.15) is 4.83 Å². The van der Waals surface area contributed by atoms with Gasteiger partial charge in [0.15, 0.2) is 5.78 Å². The average molecular weight is 411 g/mol. The van der Waals surface area contributed by atoms with Crippen LogP contribution in [-0.4, -0.2) is 14.9 Å². The molecule has 0 saturated heterocycles. The molecule has 4 aromatic rings. The molecule has 0 unspecified atom stereocenters. The molecular formula is C21H18N2O3S2. The Morgan fingerprint density at radius 2 is 1.64 bits per heavy atom. The van der Waals surface area contributed by atoms with Gasteiger partial charge in [-0.25, -0.2) is 9.36 Å². The summed E-state index contributed by atoms with van der Waals surface area (Å²) in [5, 5.41) is 0.456. The first-order chi connectivity index (χ1) is 13.4. The van der Waals surface area contributed by atoms with Gasteiger partial charge in [0.2, 0.25) is 0 Å². The molecule has 0 radical (unpaired) electrons. The summed E-state index contributed by atoms with van der Waals surface area (Å²) in [6, 6.07) is 12.4. The van der Waals surface area contributed by atoms with Crippen LogP contribution in [0.1, 0.15) is 25.0 Å². The van der Waals surface area contributed by atoms with Gasteiger partial charge in [-0.3, -0.25) is 14.2 Å². The molecule has 28 heavy (non-hydrogen) atoms. The fraction of sp³-hybridized carbons (Fsp3) is 0.190. The van der Waals surface area contributed by atoms with Gasteiger partial charge in [0.05, 0.1) is 17.6 Å². The van der Waals surface area contributed by atoms with Gasteiger partial charge in [-0.1, -0.05) is 18.2 Å². The third-order valence-corrected chi connectivity index (χ3v) is 6.63. The number of benzene rings is 1. The van der Waals surface area contributed by atoms with E-state index in [4.69, 9.17) is 0 Å². The third kappa shape index (κ3) is 3.06. The van der Waals surface area contributed by atoms with Crippen molar-refractivity contribution in [2.75, 3.05) is 0 Å². The number of carbonyl (C=O) groups excluding carboxylic acids is 1. The smallest absolute Gasteiger partial charge is 0.292 e. The van der Waals surface area contributed by atoms with Crippen LogP contribution in [0.5, 0.6) is 0 Å². The minimum Gasteiger partial charge on any atom is -0.292 e. The van der Waals surface area contributed by atoms with E-state index in [-0.39, 0.29) is 17.9 Å². The first kappa shape index (κ1) is 18.6. The van der Waals surface area contributed by atoms with Crippen LogP contribution in [0.3, 0.4) is 0 Å². The molecule has 4 rings (SSSR count). The predicted molar refractivity (Wildman–Crippen MR) is 115 cm³/mol. The summed E-state index contributed by atoms with van der Waals surface area (Å²) in [4.78, 5) is 42.7. The zero-order chi connectivity index (χ0) is 20.0. The highest BCUT2D eigenvalue weighted by Crippen LogP contribution is 2.24. The van der Waals surface area contributed by atoms with E-state index >= 15 is 0 Å². The SMILES string of the molecule is Cc1cc(C(=O)Cn2c(=O)n(-c3ccccc3)c(=O)c3cc(C)sc32)c(C)s1. The molecule has 0 bridgehead atoms. The number of fused-ring (bicyclic) bond motifs is 1. The average Bonchev–Trinajstić information content (AvgIpc) is 3.21. The van der Waals surface area contributed by atoms with Crippen LogP contribution in [0.15, 0.2) is 52.1 Å². The number of aromatic nitrogens is 2. The second-order valence-electron chi connectivity index (χ2n) is 6.67. The first-order valence-electron chi connectivity index (χ1n) is 8.78. The van der Waals surface area contributed by atoms with Crippen LogP contribution in [0.4, 0.5) is 0 Å². The lowest BCUT2D eigenvalue weighted by atomic mass is 10.1. The minimum absolute atomic E-state index is 0.0978. The zero-order valence-electron chi connectivity index (χ0n) is 15.7. The molecule has 3 heterocycles. The Labute approximate surface area is 169 Å². The number of ketones is 1. The van der Waals surface area contributed by atoms with Gasteiger partial charge in [-0.05, 0) is 45.0 Å². The van der Waals surface area contributed by atoms with Gasteiger partial charge in [0, 0.05) is 20.2 Å². The van der Waals surface area contributed by atoms with Crippen LogP contribution in [0.25, 0.3) is 15.9 Å². The number of para-hydroxylation sites is 1. The molecule has 0 saturated carbocycles. The molecule has 0 aliphatic rings. The van der Waals surface area contributed by atoms with Crippen molar-refractivity contribution in [1.29, 1.82) is 0 Å². The van der Waals surface area contributed by atoms with Crippen molar-refractivity contribution in [3.8, 4) is 5.69 Å². The molecule has 7 heteroatoms. The number of thiophene rings is 2. The summed E-state index contributed by atoms with van der Waals surface area (Å²) >= 11 is 2.92. The Hall–Kier alpha value is -2.77. The molecule has 0 aliphatic heterocycles. The number of Topliss-reactive ketones (excluding diaryl/α,β-unsaturated/α-hetero) is 1.